The van der Waals surface area contributed by atoms with Crippen LogP contribution in [0.3, 0.4) is 0 Å². The van der Waals surface area contributed by atoms with E-state index in [1.54, 1.807) is 4.90 Å². The van der Waals surface area contributed by atoms with E-state index in [-0.39, 0.29) is 48.0 Å². The van der Waals surface area contributed by atoms with Crippen LogP contribution in [0.1, 0.15) is 44.6 Å². The van der Waals surface area contributed by atoms with Gasteiger partial charge < -0.3 is 20.2 Å². The molecular formula is C21H29N3O3. The zero-order valence-electron chi connectivity index (χ0n) is 16.1. The zero-order valence-corrected chi connectivity index (χ0v) is 16.1. The van der Waals surface area contributed by atoms with Crippen LogP contribution in [0.25, 0.3) is 0 Å². The molecule has 3 fully saturated rings. The molecule has 4 rings (SSSR count). The highest BCUT2D eigenvalue weighted by molar-refractivity contribution is 5.84. The van der Waals surface area contributed by atoms with Crippen LogP contribution in [0.2, 0.25) is 0 Å². The molecule has 6 heteroatoms. The summed E-state index contributed by atoms with van der Waals surface area (Å²) in [6, 6.07) is 9.91. The smallest absolute Gasteiger partial charge is 0.317 e. The Labute approximate surface area is 160 Å². The lowest BCUT2D eigenvalue weighted by Gasteiger charge is -2.71. The summed E-state index contributed by atoms with van der Waals surface area (Å²) < 4.78 is 0. The van der Waals surface area contributed by atoms with Gasteiger partial charge >= 0.3 is 6.03 Å². The van der Waals surface area contributed by atoms with Gasteiger partial charge in [0.05, 0.1) is 18.2 Å². The Morgan fingerprint density at radius 2 is 1.89 bits per heavy atom. The Hall–Kier alpha value is -2.08. The first kappa shape index (κ1) is 18.3. The first-order chi connectivity index (χ1) is 13.0. The second kappa shape index (κ2) is 6.82. The maximum Gasteiger partial charge on any atom is 0.317 e. The number of likely N-dealkylation sites (tertiary alicyclic amines) is 2. The van der Waals surface area contributed by atoms with Gasteiger partial charge in [0.15, 0.2) is 0 Å². The normalized spacial score (nSPS) is 26.4. The Balaban J connectivity index is 1.59. The summed E-state index contributed by atoms with van der Waals surface area (Å²) in [5.41, 5.74) is 0.758. The van der Waals surface area contributed by atoms with Gasteiger partial charge in [-0.25, -0.2) is 4.79 Å². The second-order valence-electron chi connectivity index (χ2n) is 8.54. The number of aliphatic hydroxyl groups is 1. The third-order valence-electron chi connectivity index (χ3n) is 6.44. The van der Waals surface area contributed by atoms with Gasteiger partial charge in [-0.3, -0.25) is 4.79 Å². The van der Waals surface area contributed by atoms with E-state index in [4.69, 9.17) is 0 Å². The number of carbonyl (C=O) groups is 2. The van der Waals surface area contributed by atoms with Crippen LogP contribution < -0.4 is 5.32 Å². The molecule has 2 saturated heterocycles. The third kappa shape index (κ3) is 2.81. The van der Waals surface area contributed by atoms with E-state index >= 15 is 0 Å². The van der Waals surface area contributed by atoms with Crippen molar-refractivity contribution in [3.8, 4) is 0 Å². The van der Waals surface area contributed by atoms with Crippen molar-refractivity contribution < 1.29 is 14.7 Å². The topological polar surface area (TPSA) is 72.9 Å². The molecule has 2 atom stereocenters. The maximum atomic E-state index is 13.1. The molecule has 1 aliphatic carbocycles. The lowest BCUT2D eigenvalue weighted by atomic mass is 9.60. The van der Waals surface area contributed by atoms with Gasteiger partial charge in [-0.2, -0.15) is 0 Å². The van der Waals surface area contributed by atoms with E-state index in [0.29, 0.717) is 13.1 Å². The number of hydrogen-bond donors (Lipinski definition) is 2. The summed E-state index contributed by atoms with van der Waals surface area (Å²) in [4.78, 5) is 29.2. The number of nitrogens with one attached hydrogen (secondary N) is 1. The van der Waals surface area contributed by atoms with Crippen LogP contribution in [-0.4, -0.2) is 64.2 Å². The van der Waals surface area contributed by atoms with Crippen LogP contribution in [0.4, 0.5) is 4.79 Å². The number of hydrogen-bond acceptors (Lipinski definition) is 3. The molecule has 2 N–H and O–H groups in total. The van der Waals surface area contributed by atoms with Crippen LogP contribution >= 0.6 is 0 Å². The van der Waals surface area contributed by atoms with Crippen molar-refractivity contribution >= 4 is 11.9 Å². The fraction of sp³-hybridized carbons (Fsp3) is 0.619. The molecular weight excluding hydrogens is 342 g/mol. The van der Waals surface area contributed by atoms with Crippen LogP contribution in [0.5, 0.6) is 0 Å². The predicted molar refractivity (Wildman–Crippen MR) is 102 cm³/mol. The first-order valence-electron chi connectivity index (χ1n) is 10.0. The lowest BCUT2D eigenvalue weighted by molar-refractivity contribution is -0.199. The molecule has 3 amide bonds. The average molecular weight is 371 g/mol. The third-order valence-corrected chi connectivity index (χ3v) is 6.44. The summed E-state index contributed by atoms with van der Waals surface area (Å²) in [6.07, 6.45) is 2.99. The standard InChI is InChI=1S/C21H29N3O3/c1-14(2)22-20(27)23-12-21(13-23)18(15-7-4-3-5-8-15)17(11-25)24(21)19(26)16-9-6-10-16/h3-5,7-8,14,16-18,25H,6,9-13H2,1-2H3,(H,22,27)/t17-,18-/m0/s1. The number of aliphatic hydroxyl groups excluding tert-OH is 1. The second-order valence-corrected chi connectivity index (χ2v) is 8.54. The summed E-state index contributed by atoms with van der Waals surface area (Å²) in [7, 11) is 0. The Morgan fingerprint density at radius 1 is 1.22 bits per heavy atom. The number of rotatable bonds is 4. The van der Waals surface area contributed by atoms with Crippen LogP contribution in [0, 0.1) is 5.92 Å². The van der Waals surface area contributed by atoms with Crippen LogP contribution in [0.15, 0.2) is 30.3 Å². The van der Waals surface area contributed by atoms with Crippen molar-refractivity contribution in [2.75, 3.05) is 19.7 Å². The van der Waals surface area contributed by atoms with Crippen molar-refractivity contribution in [1.29, 1.82) is 0 Å². The van der Waals surface area contributed by atoms with E-state index in [1.165, 1.54) is 0 Å². The highest BCUT2D eigenvalue weighted by atomic mass is 16.3. The van der Waals surface area contributed by atoms with E-state index < -0.39 is 0 Å². The Kier molecular flexibility index (Phi) is 4.62. The molecule has 2 heterocycles. The van der Waals surface area contributed by atoms with E-state index in [0.717, 1.165) is 24.8 Å². The van der Waals surface area contributed by atoms with Crippen LogP contribution in [-0.2, 0) is 4.79 Å². The van der Waals surface area contributed by atoms with E-state index in [9.17, 15) is 14.7 Å². The zero-order chi connectivity index (χ0) is 19.2. The molecule has 1 aromatic carbocycles. The van der Waals surface area contributed by atoms with E-state index in [2.05, 4.69) is 17.4 Å². The molecule has 146 valence electrons. The summed E-state index contributed by atoms with van der Waals surface area (Å²) in [6.45, 7) is 4.90. The minimum Gasteiger partial charge on any atom is -0.394 e. The number of carbonyl (C=O) groups excluding carboxylic acids is 2. The summed E-state index contributed by atoms with van der Waals surface area (Å²) in [5, 5.41) is 13.0. The Morgan fingerprint density at radius 3 is 2.41 bits per heavy atom. The van der Waals surface area contributed by atoms with Crippen molar-refractivity contribution in [2.45, 2.75) is 56.7 Å². The van der Waals surface area contributed by atoms with Gasteiger partial charge in [0, 0.05) is 31.0 Å². The van der Waals surface area contributed by atoms with Gasteiger partial charge in [0.1, 0.15) is 0 Å². The number of urea groups is 1. The molecule has 1 saturated carbocycles. The molecule has 1 aromatic rings. The Bertz CT molecular complexity index is 711. The number of benzene rings is 1. The molecule has 0 aromatic heterocycles. The largest absolute Gasteiger partial charge is 0.394 e. The molecule has 0 bridgehead atoms. The van der Waals surface area contributed by atoms with Crippen molar-refractivity contribution in [2.24, 2.45) is 5.92 Å². The highest BCUT2D eigenvalue weighted by Gasteiger charge is 2.68. The highest BCUT2D eigenvalue weighted by Crippen LogP contribution is 2.55. The van der Waals surface area contributed by atoms with Gasteiger partial charge in [-0.05, 0) is 32.3 Å². The van der Waals surface area contributed by atoms with Gasteiger partial charge in [-0.1, -0.05) is 36.8 Å². The van der Waals surface area contributed by atoms with Crippen molar-refractivity contribution in [1.82, 2.24) is 15.1 Å². The minimum absolute atomic E-state index is 0.0437. The summed E-state index contributed by atoms with van der Waals surface area (Å²) in [5.74, 6) is 0.318. The minimum atomic E-state index is -0.379. The fourth-order valence-electron chi connectivity index (χ4n) is 4.97. The van der Waals surface area contributed by atoms with Crippen molar-refractivity contribution in [3.63, 3.8) is 0 Å². The molecule has 2 aliphatic heterocycles. The SMILES string of the molecule is CC(C)NC(=O)N1CC2(C1)[C@@H](c1ccccc1)[C@H](CO)N2C(=O)C1CCC1. The molecule has 27 heavy (non-hydrogen) atoms. The van der Waals surface area contributed by atoms with Crippen molar-refractivity contribution in [3.05, 3.63) is 35.9 Å². The van der Waals surface area contributed by atoms with Gasteiger partial charge in [0.25, 0.3) is 0 Å². The lowest BCUT2D eigenvalue weighted by Crippen LogP contribution is -2.86. The first-order valence-corrected chi connectivity index (χ1v) is 10.0. The molecule has 0 radical (unpaired) electrons. The van der Waals surface area contributed by atoms with Gasteiger partial charge in [0.2, 0.25) is 5.91 Å². The summed E-state index contributed by atoms with van der Waals surface area (Å²) >= 11 is 0. The molecule has 6 nitrogen and oxygen atoms in total. The molecule has 3 aliphatic rings. The monoisotopic (exact) mass is 371 g/mol. The fourth-order valence-corrected chi connectivity index (χ4v) is 4.97. The maximum absolute atomic E-state index is 13.1. The predicted octanol–water partition coefficient (Wildman–Crippen LogP) is 1.95. The van der Waals surface area contributed by atoms with E-state index in [1.807, 2.05) is 36.9 Å². The number of nitrogens with zero attached hydrogens (tertiary/aromatic N) is 2. The quantitative estimate of drug-likeness (QED) is 0.850. The van der Waals surface area contributed by atoms with Gasteiger partial charge in [-0.15, -0.1) is 0 Å². The number of amides is 3. The average Bonchev–Trinajstić information content (AvgIpc) is 2.51. The molecule has 1 spiro atoms. The molecule has 0 unspecified atom stereocenters.